The number of anilines is 1. The number of carbonyl (C=O) groups excluding carboxylic acids is 1. The molecule has 0 bridgehead atoms. The summed E-state index contributed by atoms with van der Waals surface area (Å²) in [4.78, 5) is 21.7. The molecule has 7 heteroatoms. The van der Waals surface area contributed by atoms with Crippen LogP contribution in [0.25, 0.3) is 16.9 Å². The molecule has 7 nitrogen and oxygen atoms in total. The fraction of sp³-hybridized carbons (Fsp3) is 0.160. The predicted octanol–water partition coefficient (Wildman–Crippen LogP) is 3.60. The van der Waals surface area contributed by atoms with Gasteiger partial charge in [-0.15, -0.1) is 0 Å². The van der Waals surface area contributed by atoms with Crippen molar-refractivity contribution in [3.8, 4) is 22.7 Å². The van der Waals surface area contributed by atoms with E-state index in [1.54, 1.807) is 29.3 Å². The van der Waals surface area contributed by atoms with Gasteiger partial charge in [0, 0.05) is 50.3 Å². The zero-order chi connectivity index (χ0) is 21.9. The van der Waals surface area contributed by atoms with Gasteiger partial charge in [-0.1, -0.05) is 30.3 Å². The van der Waals surface area contributed by atoms with E-state index in [0.29, 0.717) is 37.4 Å². The maximum atomic E-state index is 13.5. The third-order valence-electron chi connectivity index (χ3n) is 5.69. The summed E-state index contributed by atoms with van der Waals surface area (Å²) in [7, 11) is 0. The first-order chi connectivity index (χ1) is 15.7. The molecule has 2 aromatic heterocycles. The Hall–Kier alpha value is -4.13. The summed E-state index contributed by atoms with van der Waals surface area (Å²) in [5, 5.41) is 14.9. The number of benzene rings is 2. The quantitative estimate of drug-likeness (QED) is 0.541. The van der Waals surface area contributed by atoms with E-state index in [4.69, 9.17) is 5.10 Å². The van der Waals surface area contributed by atoms with E-state index >= 15 is 0 Å². The number of phenols is 1. The molecule has 2 aromatic carbocycles. The van der Waals surface area contributed by atoms with Crippen LogP contribution in [-0.2, 0) is 0 Å². The minimum Gasteiger partial charge on any atom is -0.506 e. The molecule has 1 saturated heterocycles. The number of pyridine rings is 1. The summed E-state index contributed by atoms with van der Waals surface area (Å²) < 4.78 is 1.74. The van der Waals surface area contributed by atoms with Gasteiger partial charge in [0.2, 0.25) is 0 Å². The van der Waals surface area contributed by atoms with Crippen LogP contribution in [0.5, 0.6) is 5.75 Å². The van der Waals surface area contributed by atoms with Crippen LogP contribution >= 0.6 is 0 Å². The second-order valence-corrected chi connectivity index (χ2v) is 7.68. The van der Waals surface area contributed by atoms with Crippen LogP contribution in [0.3, 0.4) is 0 Å². The van der Waals surface area contributed by atoms with Crippen LogP contribution in [0, 0.1) is 0 Å². The van der Waals surface area contributed by atoms with Crippen molar-refractivity contribution < 1.29 is 9.90 Å². The Kier molecular flexibility index (Phi) is 5.29. The van der Waals surface area contributed by atoms with Gasteiger partial charge in [0.25, 0.3) is 5.91 Å². The van der Waals surface area contributed by atoms with E-state index in [-0.39, 0.29) is 11.7 Å². The minimum absolute atomic E-state index is 0.0528. The van der Waals surface area contributed by atoms with Crippen molar-refractivity contribution >= 4 is 11.6 Å². The topological polar surface area (TPSA) is 74.5 Å². The average Bonchev–Trinajstić information content (AvgIpc) is 3.31. The highest BCUT2D eigenvalue weighted by molar-refractivity contribution is 6.00. The lowest BCUT2D eigenvalue weighted by atomic mass is 10.1. The number of rotatable bonds is 4. The summed E-state index contributed by atoms with van der Waals surface area (Å²) in [6.07, 6.45) is 5.23. The van der Waals surface area contributed by atoms with Gasteiger partial charge in [0.1, 0.15) is 11.4 Å². The summed E-state index contributed by atoms with van der Waals surface area (Å²) >= 11 is 0. The predicted molar refractivity (Wildman–Crippen MR) is 123 cm³/mol. The van der Waals surface area contributed by atoms with Crippen LogP contribution in [0.2, 0.25) is 0 Å². The molecule has 0 aliphatic carbocycles. The van der Waals surface area contributed by atoms with Crippen molar-refractivity contribution in [3.05, 3.63) is 90.9 Å². The van der Waals surface area contributed by atoms with E-state index < -0.39 is 0 Å². The highest BCUT2D eigenvalue weighted by Crippen LogP contribution is 2.28. The number of amides is 1. The molecule has 160 valence electrons. The zero-order valence-corrected chi connectivity index (χ0v) is 17.5. The Morgan fingerprint density at radius 3 is 2.34 bits per heavy atom. The molecule has 1 N–H and O–H groups in total. The molecule has 0 spiro atoms. The molecule has 5 rings (SSSR count). The van der Waals surface area contributed by atoms with Crippen molar-refractivity contribution in [1.82, 2.24) is 19.7 Å². The number of carbonyl (C=O) groups is 1. The van der Waals surface area contributed by atoms with Crippen molar-refractivity contribution in [1.29, 1.82) is 0 Å². The number of phenolic OH excluding ortho intramolecular Hbond substituents is 1. The third kappa shape index (κ3) is 3.80. The van der Waals surface area contributed by atoms with Gasteiger partial charge in [-0.2, -0.15) is 5.10 Å². The van der Waals surface area contributed by atoms with Crippen molar-refractivity contribution in [2.75, 3.05) is 31.1 Å². The van der Waals surface area contributed by atoms with E-state index in [0.717, 1.165) is 16.9 Å². The van der Waals surface area contributed by atoms with Crippen LogP contribution < -0.4 is 4.90 Å². The Balaban J connectivity index is 1.42. The number of para-hydroxylation sites is 3. The standard InChI is InChI=1S/C25H23N5O2/c31-23-11-5-4-10-22(23)28-13-15-29(16-14-28)25(32)21-18-30(20-8-2-1-3-9-20)27-24(21)19-7-6-12-26-17-19/h1-12,17-18,31H,13-16H2. The van der Waals surface area contributed by atoms with Gasteiger partial charge in [0.15, 0.2) is 0 Å². The number of hydrogen-bond donors (Lipinski definition) is 1. The maximum Gasteiger partial charge on any atom is 0.257 e. The van der Waals surface area contributed by atoms with Gasteiger partial charge in [0.05, 0.1) is 16.9 Å². The number of piperazine rings is 1. The summed E-state index contributed by atoms with van der Waals surface area (Å²) in [6.45, 7) is 2.43. The lowest BCUT2D eigenvalue weighted by Gasteiger charge is -2.36. The molecule has 4 aromatic rings. The molecule has 32 heavy (non-hydrogen) atoms. The molecule has 1 aliphatic heterocycles. The summed E-state index contributed by atoms with van der Waals surface area (Å²) in [6, 6.07) is 20.8. The highest BCUT2D eigenvalue weighted by atomic mass is 16.3. The Morgan fingerprint density at radius 2 is 1.62 bits per heavy atom. The van der Waals surface area contributed by atoms with Crippen molar-refractivity contribution in [2.45, 2.75) is 0 Å². The zero-order valence-electron chi connectivity index (χ0n) is 17.5. The van der Waals surface area contributed by atoms with E-state index in [2.05, 4.69) is 9.88 Å². The number of aromatic nitrogens is 3. The van der Waals surface area contributed by atoms with E-state index in [1.807, 2.05) is 65.6 Å². The Bertz CT molecular complexity index is 1220. The first kappa shape index (κ1) is 19.8. The van der Waals surface area contributed by atoms with Crippen molar-refractivity contribution in [2.24, 2.45) is 0 Å². The molecule has 1 aliphatic rings. The first-order valence-corrected chi connectivity index (χ1v) is 10.6. The number of nitrogens with zero attached hydrogens (tertiary/aromatic N) is 5. The lowest BCUT2D eigenvalue weighted by Crippen LogP contribution is -2.48. The van der Waals surface area contributed by atoms with Gasteiger partial charge >= 0.3 is 0 Å². The van der Waals surface area contributed by atoms with Gasteiger partial charge in [-0.05, 0) is 36.4 Å². The second-order valence-electron chi connectivity index (χ2n) is 7.68. The fourth-order valence-electron chi connectivity index (χ4n) is 4.01. The normalized spacial score (nSPS) is 13.9. The molecule has 0 saturated carbocycles. The van der Waals surface area contributed by atoms with Crippen LogP contribution in [0.1, 0.15) is 10.4 Å². The largest absolute Gasteiger partial charge is 0.506 e. The molecule has 0 unspecified atom stereocenters. The van der Waals surface area contributed by atoms with Gasteiger partial charge in [-0.3, -0.25) is 9.78 Å². The SMILES string of the molecule is O=C(c1cn(-c2ccccc2)nc1-c1cccnc1)N1CCN(c2ccccc2O)CC1. The molecule has 3 heterocycles. The monoisotopic (exact) mass is 425 g/mol. The molecular weight excluding hydrogens is 402 g/mol. The van der Waals surface area contributed by atoms with E-state index in [9.17, 15) is 9.90 Å². The maximum absolute atomic E-state index is 13.5. The summed E-state index contributed by atoms with van der Waals surface area (Å²) in [5.41, 5.74) is 3.67. The van der Waals surface area contributed by atoms with Crippen LogP contribution in [0.15, 0.2) is 85.3 Å². The molecule has 1 amide bonds. The summed E-state index contributed by atoms with van der Waals surface area (Å²) in [5.74, 6) is 0.207. The third-order valence-corrected chi connectivity index (χ3v) is 5.69. The number of aromatic hydroxyl groups is 1. The fourth-order valence-corrected chi connectivity index (χ4v) is 4.01. The Labute approximate surface area is 186 Å². The Morgan fingerprint density at radius 1 is 0.875 bits per heavy atom. The average molecular weight is 425 g/mol. The molecular formula is C25H23N5O2. The van der Waals surface area contributed by atoms with Crippen LogP contribution in [0.4, 0.5) is 5.69 Å². The number of hydrogen-bond acceptors (Lipinski definition) is 5. The molecule has 0 atom stereocenters. The van der Waals surface area contributed by atoms with Gasteiger partial charge < -0.3 is 14.9 Å². The second kappa shape index (κ2) is 8.55. The molecule has 1 fully saturated rings. The smallest absolute Gasteiger partial charge is 0.257 e. The van der Waals surface area contributed by atoms with Gasteiger partial charge in [-0.25, -0.2) is 4.68 Å². The minimum atomic E-state index is -0.0528. The van der Waals surface area contributed by atoms with E-state index in [1.165, 1.54) is 0 Å². The first-order valence-electron chi connectivity index (χ1n) is 10.6. The highest BCUT2D eigenvalue weighted by Gasteiger charge is 2.27. The molecule has 0 radical (unpaired) electrons. The van der Waals surface area contributed by atoms with Crippen molar-refractivity contribution in [3.63, 3.8) is 0 Å². The lowest BCUT2D eigenvalue weighted by molar-refractivity contribution is 0.0747. The van der Waals surface area contributed by atoms with Crippen LogP contribution in [-0.4, -0.2) is 56.9 Å².